The molecule has 0 aliphatic heterocycles. The molecule has 0 aliphatic carbocycles. The van der Waals surface area contributed by atoms with Gasteiger partial charge in [0.1, 0.15) is 10.6 Å². The SMILES string of the molecule is CCOc1cc(-c2ccccc2)sc1C(=O)NCC(C)NC.Cl. The van der Waals surface area contributed by atoms with E-state index >= 15 is 0 Å². The van der Waals surface area contributed by atoms with E-state index in [1.165, 1.54) is 11.3 Å². The molecule has 1 aromatic carbocycles. The van der Waals surface area contributed by atoms with Crippen LogP contribution in [0.2, 0.25) is 0 Å². The van der Waals surface area contributed by atoms with Crippen LogP contribution < -0.4 is 15.4 Å². The second-order valence-electron chi connectivity index (χ2n) is 5.00. The summed E-state index contributed by atoms with van der Waals surface area (Å²) >= 11 is 1.46. The Morgan fingerprint density at radius 2 is 2.00 bits per heavy atom. The molecule has 6 heteroatoms. The van der Waals surface area contributed by atoms with Gasteiger partial charge in [-0.25, -0.2) is 0 Å². The Bertz CT molecular complexity index is 616. The van der Waals surface area contributed by atoms with Crippen molar-refractivity contribution in [2.75, 3.05) is 20.2 Å². The largest absolute Gasteiger partial charge is 0.492 e. The summed E-state index contributed by atoms with van der Waals surface area (Å²) in [6, 6.07) is 12.2. The third-order valence-electron chi connectivity index (χ3n) is 3.32. The number of benzene rings is 1. The van der Waals surface area contributed by atoms with Gasteiger partial charge in [0.05, 0.1) is 6.61 Å². The molecule has 2 rings (SSSR count). The van der Waals surface area contributed by atoms with Crippen LogP contribution in [0.4, 0.5) is 0 Å². The number of amides is 1. The van der Waals surface area contributed by atoms with Gasteiger partial charge < -0.3 is 15.4 Å². The lowest BCUT2D eigenvalue weighted by atomic mass is 10.2. The molecule has 1 aromatic heterocycles. The average Bonchev–Trinajstić information content (AvgIpc) is 2.97. The first kappa shape index (κ1) is 19.5. The number of nitrogens with one attached hydrogen (secondary N) is 2. The summed E-state index contributed by atoms with van der Waals surface area (Å²) in [5, 5.41) is 6.04. The van der Waals surface area contributed by atoms with Crippen molar-refractivity contribution < 1.29 is 9.53 Å². The smallest absolute Gasteiger partial charge is 0.265 e. The fourth-order valence-corrected chi connectivity index (χ4v) is 2.99. The second kappa shape index (κ2) is 9.55. The Balaban J connectivity index is 0.00000264. The highest BCUT2D eigenvalue weighted by atomic mass is 35.5. The van der Waals surface area contributed by atoms with E-state index in [2.05, 4.69) is 10.6 Å². The van der Waals surface area contributed by atoms with Crippen molar-refractivity contribution in [2.24, 2.45) is 0 Å². The van der Waals surface area contributed by atoms with Gasteiger partial charge in [0, 0.05) is 17.5 Å². The van der Waals surface area contributed by atoms with Gasteiger partial charge in [-0.05, 0) is 32.5 Å². The van der Waals surface area contributed by atoms with E-state index in [0.29, 0.717) is 23.8 Å². The third kappa shape index (κ3) is 5.23. The second-order valence-corrected chi connectivity index (χ2v) is 6.06. The summed E-state index contributed by atoms with van der Waals surface area (Å²) in [4.78, 5) is 14.1. The quantitative estimate of drug-likeness (QED) is 0.799. The number of likely N-dealkylation sites (N-methyl/N-ethyl adjacent to an activating group) is 1. The Morgan fingerprint density at radius 3 is 2.61 bits per heavy atom. The van der Waals surface area contributed by atoms with Gasteiger partial charge in [-0.15, -0.1) is 23.7 Å². The molecule has 2 aromatic rings. The summed E-state index contributed by atoms with van der Waals surface area (Å²) in [5.74, 6) is 0.568. The predicted molar refractivity (Wildman–Crippen MR) is 99.0 cm³/mol. The molecular weight excluding hydrogens is 332 g/mol. The van der Waals surface area contributed by atoms with Gasteiger partial charge in [0.25, 0.3) is 5.91 Å². The first-order valence-electron chi connectivity index (χ1n) is 7.43. The van der Waals surface area contributed by atoms with E-state index in [-0.39, 0.29) is 24.4 Å². The monoisotopic (exact) mass is 354 g/mol. The fraction of sp³-hybridized carbons (Fsp3) is 0.353. The number of rotatable bonds is 7. The molecule has 0 bridgehead atoms. The van der Waals surface area contributed by atoms with Crippen LogP contribution in [0.5, 0.6) is 5.75 Å². The van der Waals surface area contributed by atoms with E-state index in [0.717, 1.165) is 10.4 Å². The van der Waals surface area contributed by atoms with Crippen molar-refractivity contribution in [2.45, 2.75) is 19.9 Å². The van der Waals surface area contributed by atoms with Gasteiger partial charge in [-0.1, -0.05) is 30.3 Å². The lowest BCUT2D eigenvalue weighted by Gasteiger charge is -2.11. The van der Waals surface area contributed by atoms with Crippen molar-refractivity contribution in [3.8, 4) is 16.2 Å². The number of hydrogen-bond acceptors (Lipinski definition) is 4. The summed E-state index contributed by atoms with van der Waals surface area (Å²) < 4.78 is 5.63. The van der Waals surface area contributed by atoms with Crippen LogP contribution in [0.1, 0.15) is 23.5 Å². The lowest BCUT2D eigenvalue weighted by Crippen LogP contribution is -2.37. The minimum atomic E-state index is -0.0854. The third-order valence-corrected chi connectivity index (χ3v) is 4.49. The van der Waals surface area contributed by atoms with Crippen LogP contribution in [0.15, 0.2) is 36.4 Å². The Labute approximate surface area is 147 Å². The number of hydrogen-bond donors (Lipinski definition) is 2. The molecule has 1 heterocycles. The van der Waals surface area contributed by atoms with Crippen molar-refractivity contribution >= 4 is 29.7 Å². The van der Waals surface area contributed by atoms with Crippen molar-refractivity contribution in [3.63, 3.8) is 0 Å². The first-order chi connectivity index (χ1) is 10.7. The number of ether oxygens (including phenoxy) is 1. The molecule has 0 saturated carbocycles. The Hall–Kier alpha value is -1.56. The molecule has 4 nitrogen and oxygen atoms in total. The number of halogens is 1. The normalized spacial score (nSPS) is 11.4. The predicted octanol–water partition coefficient (Wildman–Crippen LogP) is 3.57. The zero-order valence-corrected chi connectivity index (χ0v) is 15.2. The average molecular weight is 355 g/mol. The Kier molecular flexibility index (Phi) is 8.09. The standard InChI is InChI=1S/C17H22N2O2S.ClH/c1-4-21-14-10-15(13-8-6-5-7-9-13)22-16(14)17(20)19-11-12(2)18-3;/h5-10,12,18H,4,11H2,1-3H3,(H,19,20);1H. The van der Waals surface area contributed by atoms with Crippen LogP contribution in [-0.2, 0) is 0 Å². The summed E-state index contributed by atoms with van der Waals surface area (Å²) in [5.41, 5.74) is 1.09. The maximum Gasteiger partial charge on any atom is 0.265 e. The van der Waals surface area contributed by atoms with Crippen LogP contribution >= 0.6 is 23.7 Å². The number of carbonyl (C=O) groups excluding carboxylic acids is 1. The molecule has 2 N–H and O–H groups in total. The molecule has 0 aliphatic rings. The first-order valence-corrected chi connectivity index (χ1v) is 8.24. The molecule has 1 unspecified atom stereocenters. The fourth-order valence-electron chi connectivity index (χ4n) is 1.97. The van der Waals surface area contributed by atoms with Gasteiger partial charge >= 0.3 is 0 Å². The van der Waals surface area contributed by atoms with E-state index < -0.39 is 0 Å². The molecule has 1 atom stereocenters. The van der Waals surface area contributed by atoms with Crippen LogP contribution in [0.25, 0.3) is 10.4 Å². The van der Waals surface area contributed by atoms with Gasteiger partial charge in [-0.2, -0.15) is 0 Å². The molecule has 23 heavy (non-hydrogen) atoms. The maximum absolute atomic E-state index is 12.4. The van der Waals surface area contributed by atoms with E-state index in [9.17, 15) is 4.79 Å². The number of thiophene rings is 1. The van der Waals surface area contributed by atoms with Crippen molar-refractivity contribution in [1.29, 1.82) is 0 Å². The minimum Gasteiger partial charge on any atom is -0.492 e. The van der Waals surface area contributed by atoms with E-state index in [1.54, 1.807) is 0 Å². The van der Waals surface area contributed by atoms with Gasteiger partial charge in [0.2, 0.25) is 0 Å². The van der Waals surface area contributed by atoms with E-state index in [1.807, 2.05) is 57.3 Å². The zero-order valence-electron chi connectivity index (χ0n) is 13.6. The van der Waals surface area contributed by atoms with Crippen LogP contribution in [0.3, 0.4) is 0 Å². The minimum absolute atomic E-state index is 0. The number of carbonyl (C=O) groups is 1. The molecule has 0 spiro atoms. The summed E-state index contributed by atoms with van der Waals surface area (Å²) in [6.07, 6.45) is 0. The molecule has 126 valence electrons. The van der Waals surface area contributed by atoms with Gasteiger partial charge in [-0.3, -0.25) is 4.79 Å². The van der Waals surface area contributed by atoms with Crippen LogP contribution in [0, 0.1) is 0 Å². The zero-order chi connectivity index (χ0) is 15.9. The maximum atomic E-state index is 12.4. The lowest BCUT2D eigenvalue weighted by molar-refractivity contribution is 0.0951. The molecule has 0 fully saturated rings. The summed E-state index contributed by atoms with van der Waals surface area (Å²) in [6.45, 7) is 5.07. The highest BCUT2D eigenvalue weighted by molar-refractivity contribution is 7.17. The molecule has 1 amide bonds. The topological polar surface area (TPSA) is 50.4 Å². The van der Waals surface area contributed by atoms with Gasteiger partial charge in [0.15, 0.2) is 0 Å². The summed E-state index contributed by atoms with van der Waals surface area (Å²) in [7, 11) is 1.88. The Morgan fingerprint density at radius 1 is 1.30 bits per heavy atom. The van der Waals surface area contributed by atoms with Crippen molar-refractivity contribution in [3.05, 3.63) is 41.3 Å². The molecular formula is C17H23ClN2O2S. The highest BCUT2D eigenvalue weighted by Gasteiger charge is 2.18. The molecule has 0 saturated heterocycles. The van der Waals surface area contributed by atoms with Crippen LogP contribution in [-0.4, -0.2) is 32.1 Å². The van der Waals surface area contributed by atoms with Crippen molar-refractivity contribution in [1.82, 2.24) is 10.6 Å². The van der Waals surface area contributed by atoms with E-state index in [4.69, 9.17) is 4.74 Å². The highest BCUT2D eigenvalue weighted by Crippen LogP contribution is 2.36. The molecule has 0 radical (unpaired) electrons.